The molecule has 0 heterocycles. The van der Waals surface area contributed by atoms with E-state index in [1.807, 2.05) is 0 Å². The highest BCUT2D eigenvalue weighted by Gasteiger charge is 1.95. The van der Waals surface area contributed by atoms with Crippen molar-refractivity contribution in [2.75, 3.05) is 13.1 Å². The molecule has 0 aliphatic carbocycles. The molecule has 0 aromatic heterocycles. The maximum atomic E-state index is 3.59. The summed E-state index contributed by atoms with van der Waals surface area (Å²) in [6, 6.07) is 10.8. The highest BCUT2D eigenvalue weighted by Crippen LogP contribution is 2.13. The van der Waals surface area contributed by atoms with Crippen LogP contribution >= 0.6 is 0 Å². The van der Waals surface area contributed by atoms with Gasteiger partial charge in [-0.25, -0.2) is 0 Å². The SMILES string of the molecule is CCCCCCCCCCCCCCCCCCCNCCc1ccccc1. The van der Waals surface area contributed by atoms with Crippen molar-refractivity contribution >= 4 is 0 Å². The minimum absolute atomic E-state index is 1.11. The lowest BCUT2D eigenvalue weighted by molar-refractivity contribution is 0.523. The van der Waals surface area contributed by atoms with E-state index in [1.54, 1.807) is 0 Å². The van der Waals surface area contributed by atoms with Crippen LogP contribution in [0.4, 0.5) is 0 Å². The molecule has 1 aromatic carbocycles. The Labute approximate surface area is 177 Å². The van der Waals surface area contributed by atoms with Crippen LogP contribution in [-0.4, -0.2) is 13.1 Å². The third-order valence-corrected chi connectivity index (χ3v) is 5.89. The molecule has 0 spiro atoms. The monoisotopic (exact) mass is 387 g/mol. The summed E-state index contributed by atoms with van der Waals surface area (Å²) in [5, 5.41) is 3.59. The van der Waals surface area contributed by atoms with Gasteiger partial charge in [0.25, 0.3) is 0 Å². The van der Waals surface area contributed by atoms with Gasteiger partial charge in [-0.1, -0.05) is 140 Å². The molecule has 0 fully saturated rings. The van der Waals surface area contributed by atoms with Crippen LogP contribution in [0.2, 0.25) is 0 Å². The van der Waals surface area contributed by atoms with Crippen molar-refractivity contribution in [2.45, 2.75) is 122 Å². The van der Waals surface area contributed by atoms with E-state index in [-0.39, 0.29) is 0 Å². The van der Waals surface area contributed by atoms with Crippen LogP contribution in [0, 0.1) is 0 Å². The molecule has 28 heavy (non-hydrogen) atoms. The number of benzene rings is 1. The number of unbranched alkanes of at least 4 members (excludes halogenated alkanes) is 16. The molecule has 0 bridgehead atoms. The Kier molecular flexibility index (Phi) is 18.8. The van der Waals surface area contributed by atoms with Crippen LogP contribution in [0.5, 0.6) is 0 Å². The summed E-state index contributed by atoms with van der Waals surface area (Å²) in [4.78, 5) is 0. The van der Waals surface area contributed by atoms with Crippen LogP contribution < -0.4 is 5.32 Å². The molecule has 1 N–H and O–H groups in total. The van der Waals surface area contributed by atoms with E-state index >= 15 is 0 Å². The Bertz CT molecular complexity index is 400. The molecule has 0 aliphatic rings. The van der Waals surface area contributed by atoms with Crippen molar-refractivity contribution in [2.24, 2.45) is 0 Å². The Morgan fingerprint density at radius 1 is 0.500 bits per heavy atom. The maximum Gasteiger partial charge on any atom is -0.000835 e. The molecule has 0 saturated heterocycles. The zero-order valence-corrected chi connectivity index (χ0v) is 19.0. The zero-order chi connectivity index (χ0) is 20.0. The van der Waals surface area contributed by atoms with Gasteiger partial charge in [-0.15, -0.1) is 0 Å². The van der Waals surface area contributed by atoms with Gasteiger partial charge in [-0.3, -0.25) is 0 Å². The smallest absolute Gasteiger partial charge is 0.000835 e. The molecule has 0 radical (unpaired) electrons. The van der Waals surface area contributed by atoms with Gasteiger partial charge in [-0.2, -0.15) is 0 Å². The third kappa shape index (κ3) is 17.3. The number of hydrogen-bond donors (Lipinski definition) is 1. The normalized spacial score (nSPS) is 11.2. The van der Waals surface area contributed by atoms with Gasteiger partial charge in [0.15, 0.2) is 0 Å². The molecule has 0 saturated carbocycles. The van der Waals surface area contributed by atoms with Crippen molar-refractivity contribution < 1.29 is 0 Å². The lowest BCUT2D eigenvalue weighted by atomic mass is 10.0. The maximum absolute atomic E-state index is 3.59. The van der Waals surface area contributed by atoms with E-state index in [0.29, 0.717) is 0 Å². The van der Waals surface area contributed by atoms with Gasteiger partial charge in [-0.05, 0) is 31.5 Å². The predicted octanol–water partition coefficient (Wildman–Crippen LogP) is 8.47. The van der Waals surface area contributed by atoms with Gasteiger partial charge < -0.3 is 5.32 Å². The van der Waals surface area contributed by atoms with Crippen molar-refractivity contribution in [1.29, 1.82) is 0 Å². The lowest BCUT2D eigenvalue weighted by Crippen LogP contribution is -2.18. The van der Waals surface area contributed by atoms with Crippen LogP contribution in [0.3, 0.4) is 0 Å². The van der Waals surface area contributed by atoms with Crippen molar-refractivity contribution in [1.82, 2.24) is 5.32 Å². The van der Waals surface area contributed by atoms with Crippen molar-refractivity contribution in [3.05, 3.63) is 35.9 Å². The molecule has 1 aromatic rings. The fourth-order valence-corrected chi connectivity index (χ4v) is 3.98. The average molecular weight is 388 g/mol. The average Bonchev–Trinajstić information content (AvgIpc) is 2.73. The molecule has 0 atom stereocenters. The number of hydrogen-bond acceptors (Lipinski definition) is 1. The molecule has 1 rings (SSSR count). The fourth-order valence-electron chi connectivity index (χ4n) is 3.98. The topological polar surface area (TPSA) is 12.0 Å². The Morgan fingerprint density at radius 2 is 0.929 bits per heavy atom. The van der Waals surface area contributed by atoms with E-state index in [1.165, 1.54) is 121 Å². The second-order valence-corrected chi connectivity index (χ2v) is 8.64. The predicted molar refractivity (Wildman–Crippen MR) is 127 cm³/mol. The van der Waals surface area contributed by atoms with Gasteiger partial charge in [0.1, 0.15) is 0 Å². The summed E-state index contributed by atoms with van der Waals surface area (Å²) >= 11 is 0. The first-order chi connectivity index (χ1) is 13.9. The van der Waals surface area contributed by atoms with Gasteiger partial charge in [0.05, 0.1) is 0 Å². The molecule has 0 amide bonds. The highest BCUT2D eigenvalue weighted by atomic mass is 14.8. The Hall–Kier alpha value is -0.820. The highest BCUT2D eigenvalue weighted by molar-refractivity contribution is 5.14. The van der Waals surface area contributed by atoms with Crippen molar-refractivity contribution in [3.63, 3.8) is 0 Å². The summed E-state index contributed by atoms with van der Waals surface area (Å²) in [5.41, 5.74) is 1.44. The number of nitrogens with one attached hydrogen (secondary N) is 1. The molecular formula is C27H49N. The molecule has 0 aliphatic heterocycles. The zero-order valence-electron chi connectivity index (χ0n) is 19.0. The van der Waals surface area contributed by atoms with E-state index < -0.39 is 0 Å². The summed E-state index contributed by atoms with van der Waals surface area (Å²) in [7, 11) is 0. The van der Waals surface area contributed by atoms with Crippen LogP contribution in [-0.2, 0) is 6.42 Å². The fraction of sp³-hybridized carbons (Fsp3) is 0.778. The minimum atomic E-state index is 1.11. The quantitative estimate of drug-likeness (QED) is 0.209. The van der Waals surface area contributed by atoms with E-state index in [9.17, 15) is 0 Å². The molecule has 162 valence electrons. The van der Waals surface area contributed by atoms with Crippen LogP contribution in [0.1, 0.15) is 122 Å². The molecule has 1 nitrogen and oxygen atoms in total. The second-order valence-electron chi connectivity index (χ2n) is 8.64. The van der Waals surface area contributed by atoms with E-state index in [2.05, 4.69) is 42.6 Å². The van der Waals surface area contributed by atoms with Crippen molar-refractivity contribution in [3.8, 4) is 0 Å². The first kappa shape index (κ1) is 25.2. The largest absolute Gasteiger partial charge is 0.316 e. The van der Waals surface area contributed by atoms with E-state index in [4.69, 9.17) is 0 Å². The minimum Gasteiger partial charge on any atom is -0.316 e. The van der Waals surface area contributed by atoms with Crippen LogP contribution in [0.15, 0.2) is 30.3 Å². The Balaban J connectivity index is 1.67. The van der Waals surface area contributed by atoms with E-state index in [0.717, 1.165) is 13.0 Å². The molecule has 0 unspecified atom stereocenters. The summed E-state index contributed by atoms with van der Waals surface area (Å²) in [5.74, 6) is 0. The first-order valence-corrected chi connectivity index (χ1v) is 12.7. The van der Waals surface area contributed by atoms with Gasteiger partial charge in [0.2, 0.25) is 0 Å². The third-order valence-electron chi connectivity index (χ3n) is 5.89. The molecule has 1 heteroatoms. The number of rotatable bonds is 21. The second kappa shape index (κ2) is 20.9. The summed E-state index contributed by atoms with van der Waals surface area (Å²) < 4.78 is 0. The standard InChI is InChI=1S/C27H49N/c1-2-3-4-5-6-7-8-9-10-11-12-13-14-15-16-17-21-25-28-26-24-27-22-19-18-20-23-27/h18-20,22-23,28H,2-17,21,24-26H2,1H3. The molecular weight excluding hydrogens is 338 g/mol. The summed E-state index contributed by atoms with van der Waals surface area (Å²) in [6.07, 6.45) is 25.7. The van der Waals surface area contributed by atoms with Gasteiger partial charge in [0, 0.05) is 0 Å². The lowest BCUT2D eigenvalue weighted by Gasteiger charge is -2.05. The Morgan fingerprint density at radius 3 is 1.39 bits per heavy atom. The van der Waals surface area contributed by atoms with Crippen LogP contribution in [0.25, 0.3) is 0 Å². The summed E-state index contributed by atoms with van der Waals surface area (Å²) in [6.45, 7) is 4.60. The van der Waals surface area contributed by atoms with Gasteiger partial charge >= 0.3 is 0 Å². The first-order valence-electron chi connectivity index (χ1n) is 12.7.